The maximum atomic E-state index is 6.33. The van der Waals surface area contributed by atoms with Crippen LogP contribution in [0.25, 0.3) is 0 Å². The van der Waals surface area contributed by atoms with E-state index < -0.39 is 0 Å². The van der Waals surface area contributed by atoms with Gasteiger partial charge < -0.3 is 5.32 Å². The monoisotopic (exact) mass is 295 g/mol. The van der Waals surface area contributed by atoms with Crippen LogP contribution in [0.5, 0.6) is 0 Å². The van der Waals surface area contributed by atoms with Crippen LogP contribution >= 0.6 is 23.1 Å². The molecule has 0 aliphatic carbocycles. The van der Waals surface area contributed by atoms with E-state index in [0.717, 1.165) is 35.7 Å². The fraction of sp³-hybridized carbons (Fsp3) is 0.429. The zero-order valence-electron chi connectivity index (χ0n) is 11.2. The fourth-order valence-electron chi connectivity index (χ4n) is 2.02. The number of benzene rings is 1. The lowest BCUT2D eigenvalue weighted by Gasteiger charge is -2.19. The molecule has 102 valence electrons. The van der Waals surface area contributed by atoms with Crippen LogP contribution < -0.4 is 5.32 Å². The van der Waals surface area contributed by atoms with E-state index in [2.05, 4.69) is 34.8 Å². The number of aryl methyl sites for hydroxylation is 1. The normalized spacial score (nSPS) is 12.6. The lowest BCUT2D eigenvalue weighted by Crippen LogP contribution is -2.23. The Labute approximate surface area is 123 Å². The zero-order valence-corrected chi connectivity index (χ0v) is 12.8. The summed E-state index contributed by atoms with van der Waals surface area (Å²) in [6.45, 7) is 5.20. The predicted octanol–water partition coefficient (Wildman–Crippen LogP) is 3.84. The van der Waals surface area contributed by atoms with E-state index in [-0.39, 0.29) is 6.04 Å². The van der Waals surface area contributed by atoms with Crippen LogP contribution in [0.1, 0.15) is 42.4 Å². The van der Waals surface area contributed by atoms with Crippen LogP contribution in [0.3, 0.4) is 0 Å². The minimum Gasteiger partial charge on any atom is -0.305 e. The van der Waals surface area contributed by atoms with Crippen molar-refractivity contribution in [1.29, 1.82) is 0 Å². The van der Waals surface area contributed by atoms with Crippen molar-refractivity contribution >= 4 is 23.1 Å². The summed E-state index contributed by atoms with van der Waals surface area (Å²) < 4.78 is 4.09. The lowest BCUT2D eigenvalue weighted by atomic mass is 10.0. The number of halogens is 1. The Bertz CT molecular complexity index is 527. The molecule has 5 heteroatoms. The van der Waals surface area contributed by atoms with E-state index in [1.165, 1.54) is 16.4 Å². The van der Waals surface area contributed by atoms with E-state index >= 15 is 0 Å². The van der Waals surface area contributed by atoms with Gasteiger partial charge in [-0.3, -0.25) is 0 Å². The van der Waals surface area contributed by atoms with Crippen LogP contribution in [-0.2, 0) is 6.42 Å². The van der Waals surface area contributed by atoms with Crippen LogP contribution in [0.4, 0.5) is 0 Å². The van der Waals surface area contributed by atoms with Crippen molar-refractivity contribution in [2.45, 2.75) is 32.7 Å². The first-order valence-electron chi connectivity index (χ1n) is 6.56. The molecule has 3 nitrogen and oxygen atoms in total. The van der Waals surface area contributed by atoms with Gasteiger partial charge in [0.15, 0.2) is 0 Å². The molecule has 0 fully saturated rings. The molecule has 0 bridgehead atoms. The summed E-state index contributed by atoms with van der Waals surface area (Å²) in [5.74, 6) is 0. The maximum absolute atomic E-state index is 6.33. The summed E-state index contributed by atoms with van der Waals surface area (Å²) in [6.07, 6.45) is 1.97. The molecule has 1 aromatic heterocycles. The van der Waals surface area contributed by atoms with Crippen molar-refractivity contribution in [2.24, 2.45) is 0 Å². The highest BCUT2D eigenvalue weighted by Gasteiger charge is 2.21. The Morgan fingerprint density at radius 3 is 2.79 bits per heavy atom. The molecule has 0 aliphatic rings. The highest BCUT2D eigenvalue weighted by Crippen LogP contribution is 2.31. The average Bonchev–Trinajstić information content (AvgIpc) is 2.89. The third-order valence-corrected chi connectivity index (χ3v) is 4.17. The molecule has 19 heavy (non-hydrogen) atoms. The highest BCUT2D eigenvalue weighted by atomic mass is 35.5. The second kappa shape index (κ2) is 6.98. The maximum Gasteiger partial charge on any atom is 0.0804 e. The molecule has 2 rings (SSSR count). The number of nitrogens with one attached hydrogen (secondary N) is 1. The first kappa shape index (κ1) is 14.4. The van der Waals surface area contributed by atoms with Gasteiger partial charge in [0, 0.05) is 5.02 Å². The van der Waals surface area contributed by atoms with Crippen molar-refractivity contribution in [3.63, 3.8) is 0 Å². The first-order valence-corrected chi connectivity index (χ1v) is 7.72. The Morgan fingerprint density at radius 2 is 2.11 bits per heavy atom. The molecule has 1 aromatic carbocycles. The Kier molecular flexibility index (Phi) is 5.31. The van der Waals surface area contributed by atoms with Gasteiger partial charge in [-0.25, -0.2) is 0 Å². The summed E-state index contributed by atoms with van der Waals surface area (Å²) in [5.41, 5.74) is 2.15. The molecule has 1 heterocycles. The van der Waals surface area contributed by atoms with E-state index in [0.29, 0.717) is 0 Å². The number of hydrogen-bond acceptors (Lipinski definition) is 4. The predicted molar refractivity (Wildman–Crippen MR) is 80.9 cm³/mol. The molecule has 0 saturated carbocycles. The summed E-state index contributed by atoms with van der Waals surface area (Å²) in [6, 6.07) is 8.05. The van der Waals surface area contributed by atoms with E-state index in [1.54, 1.807) is 0 Å². The van der Waals surface area contributed by atoms with Crippen LogP contribution in [0, 0.1) is 0 Å². The minimum atomic E-state index is 0.0867. The Hall–Kier alpha value is -0.970. The van der Waals surface area contributed by atoms with Gasteiger partial charge in [0.05, 0.1) is 16.6 Å². The Morgan fingerprint density at radius 1 is 1.32 bits per heavy atom. The largest absolute Gasteiger partial charge is 0.305 e. The van der Waals surface area contributed by atoms with Gasteiger partial charge in [-0.2, -0.15) is 0 Å². The SMILES string of the molecule is CCCNC(c1ccccc1Cl)c1snnc1CC. The van der Waals surface area contributed by atoms with Crippen molar-refractivity contribution in [2.75, 3.05) is 6.54 Å². The summed E-state index contributed by atoms with van der Waals surface area (Å²) >= 11 is 7.79. The van der Waals surface area contributed by atoms with E-state index in [1.807, 2.05) is 18.2 Å². The molecule has 1 unspecified atom stereocenters. The molecule has 0 spiro atoms. The van der Waals surface area contributed by atoms with Crippen molar-refractivity contribution in [3.05, 3.63) is 45.4 Å². The smallest absolute Gasteiger partial charge is 0.0804 e. The third-order valence-electron chi connectivity index (χ3n) is 3.00. The second-order valence-corrected chi connectivity index (χ2v) is 5.54. The molecule has 1 N–H and O–H groups in total. The van der Waals surface area contributed by atoms with Crippen molar-refractivity contribution < 1.29 is 0 Å². The summed E-state index contributed by atoms with van der Waals surface area (Å²) in [7, 11) is 0. The first-order chi connectivity index (χ1) is 9.27. The number of hydrogen-bond donors (Lipinski definition) is 1. The molecule has 0 amide bonds. The second-order valence-electron chi connectivity index (χ2n) is 4.35. The standard InChI is InChI=1S/C14H18ClN3S/c1-3-9-16-13(10-7-5-6-8-11(10)15)14-12(4-2)17-18-19-14/h5-8,13,16H,3-4,9H2,1-2H3. The quantitative estimate of drug-likeness (QED) is 0.880. The number of rotatable bonds is 6. The highest BCUT2D eigenvalue weighted by molar-refractivity contribution is 7.05. The van der Waals surface area contributed by atoms with Gasteiger partial charge in [-0.1, -0.05) is 48.1 Å². The van der Waals surface area contributed by atoms with Crippen LogP contribution in [0.15, 0.2) is 24.3 Å². The zero-order chi connectivity index (χ0) is 13.7. The van der Waals surface area contributed by atoms with E-state index in [9.17, 15) is 0 Å². The molecular formula is C14H18ClN3S. The van der Waals surface area contributed by atoms with Gasteiger partial charge >= 0.3 is 0 Å². The van der Waals surface area contributed by atoms with E-state index in [4.69, 9.17) is 11.6 Å². The van der Waals surface area contributed by atoms with Crippen molar-refractivity contribution in [1.82, 2.24) is 14.9 Å². The fourth-order valence-corrected chi connectivity index (χ4v) is 3.10. The van der Waals surface area contributed by atoms with Gasteiger partial charge in [0.25, 0.3) is 0 Å². The average molecular weight is 296 g/mol. The Balaban J connectivity index is 2.39. The summed E-state index contributed by atoms with van der Waals surface area (Å²) in [4.78, 5) is 1.17. The van der Waals surface area contributed by atoms with Gasteiger partial charge in [0.1, 0.15) is 0 Å². The minimum absolute atomic E-state index is 0.0867. The lowest BCUT2D eigenvalue weighted by molar-refractivity contribution is 0.601. The molecule has 1 atom stereocenters. The summed E-state index contributed by atoms with van der Waals surface area (Å²) in [5, 5.41) is 8.54. The van der Waals surface area contributed by atoms with Gasteiger partial charge in [-0.15, -0.1) is 5.10 Å². The number of aromatic nitrogens is 2. The molecule has 0 aliphatic heterocycles. The topological polar surface area (TPSA) is 37.8 Å². The van der Waals surface area contributed by atoms with Gasteiger partial charge in [-0.05, 0) is 42.5 Å². The number of nitrogens with zero attached hydrogens (tertiary/aromatic N) is 2. The molecule has 0 saturated heterocycles. The molecule has 2 aromatic rings. The van der Waals surface area contributed by atoms with Crippen LogP contribution in [0.2, 0.25) is 5.02 Å². The molecular weight excluding hydrogens is 278 g/mol. The molecule has 0 radical (unpaired) electrons. The third kappa shape index (κ3) is 3.32. The van der Waals surface area contributed by atoms with Crippen LogP contribution in [-0.4, -0.2) is 16.1 Å². The van der Waals surface area contributed by atoms with Gasteiger partial charge in [0.2, 0.25) is 0 Å². The van der Waals surface area contributed by atoms with Crippen molar-refractivity contribution in [3.8, 4) is 0 Å².